The van der Waals surface area contributed by atoms with Crippen LogP contribution >= 0.6 is 0 Å². The van der Waals surface area contributed by atoms with Gasteiger partial charge >= 0.3 is 5.97 Å². The highest BCUT2D eigenvalue weighted by Gasteiger charge is 2.26. The number of carbonyl (C=O) groups is 1. The molecule has 5 heteroatoms. The average molecular weight is 228 g/mol. The molecule has 0 aromatic rings. The van der Waals surface area contributed by atoms with Gasteiger partial charge < -0.3 is 9.84 Å². The third kappa shape index (κ3) is 3.21. The van der Waals surface area contributed by atoms with E-state index in [0.29, 0.717) is 25.1 Å². The Balaban J connectivity index is 2.69. The highest BCUT2D eigenvalue weighted by atomic mass is 16.5. The molecule has 92 valence electrons. The van der Waals surface area contributed by atoms with Crippen LogP contribution in [0.1, 0.15) is 26.7 Å². The molecule has 1 atom stereocenters. The molecule has 0 saturated heterocycles. The van der Waals surface area contributed by atoms with Gasteiger partial charge in [0.1, 0.15) is 11.9 Å². The molecule has 0 radical (unpaired) electrons. The maximum absolute atomic E-state index is 11.5. The van der Waals surface area contributed by atoms with Crippen molar-refractivity contribution in [3.8, 4) is 0 Å². The van der Waals surface area contributed by atoms with Crippen LogP contribution in [0.2, 0.25) is 0 Å². The molecule has 1 aliphatic rings. The minimum absolute atomic E-state index is 0.0677. The fraction of sp³-hybridized carbons (Fsp3) is 0.727. The molecule has 5 nitrogen and oxygen atoms in total. The second-order valence-electron chi connectivity index (χ2n) is 3.68. The van der Waals surface area contributed by atoms with Gasteiger partial charge in [-0.3, -0.25) is 10.6 Å². The number of rotatable bonds is 5. The van der Waals surface area contributed by atoms with Crippen molar-refractivity contribution in [2.75, 3.05) is 19.7 Å². The minimum Gasteiger partial charge on any atom is -0.509 e. The summed E-state index contributed by atoms with van der Waals surface area (Å²) in [6.07, 6.45) is 1.16. The zero-order valence-electron chi connectivity index (χ0n) is 9.88. The van der Waals surface area contributed by atoms with E-state index in [-0.39, 0.29) is 11.9 Å². The smallest absolute Gasteiger partial charge is 0.337 e. The zero-order chi connectivity index (χ0) is 12.0. The number of aliphatic hydroxyl groups is 1. The third-order valence-electron chi connectivity index (χ3n) is 2.43. The van der Waals surface area contributed by atoms with Gasteiger partial charge in [-0.2, -0.15) is 0 Å². The Labute approximate surface area is 95.9 Å². The predicted molar refractivity (Wildman–Crippen MR) is 61.0 cm³/mol. The van der Waals surface area contributed by atoms with Gasteiger partial charge in [0, 0.05) is 6.54 Å². The lowest BCUT2D eigenvalue weighted by atomic mass is 10.1. The van der Waals surface area contributed by atoms with Gasteiger partial charge in [-0.05, 0) is 26.3 Å². The number of ether oxygens (including phenoxy) is 1. The van der Waals surface area contributed by atoms with Crippen LogP contribution in [0.3, 0.4) is 0 Å². The molecule has 0 fully saturated rings. The second-order valence-corrected chi connectivity index (χ2v) is 3.68. The van der Waals surface area contributed by atoms with E-state index in [0.717, 1.165) is 13.0 Å². The van der Waals surface area contributed by atoms with E-state index in [2.05, 4.69) is 10.6 Å². The molecule has 1 heterocycles. The lowest BCUT2D eigenvalue weighted by Gasteiger charge is -2.26. The van der Waals surface area contributed by atoms with Gasteiger partial charge in [0.15, 0.2) is 0 Å². The third-order valence-corrected chi connectivity index (χ3v) is 2.43. The summed E-state index contributed by atoms with van der Waals surface area (Å²) in [4.78, 5) is 11.5. The van der Waals surface area contributed by atoms with E-state index in [1.165, 1.54) is 0 Å². The van der Waals surface area contributed by atoms with Crippen LogP contribution in [0.15, 0.2) is 11.3 Å². The number of hydrogen-bond acceptors (Lipinski definition) is 5. The summed E-state index contributed by atoms with van der Waals surface area (Å²) in [6, 6.07) is 0. The number of nitrogens with one attached hydrogen (secondary N) is 2. The van der Waals surface area contributed by atoms with Gasteiger partial charge in [0.05, 0.1) is 12.2 Å². The first-order valence-electron chi connectivity index (χ1n) is 5.76. The minimum atomic E-state index is -0.412. The first-order valence-corrected chi connectivity index (χ1v) is 5.76. The number of esters is 1. The Morgan fingerprint density at radius 1 is 1.62 bits per heavy atom. The quantitative estimate of drug-likeness (QED) is 0.604. The maximum Gasteiger partial charge on any atom is 0.337 e. The normalized spacial score (nSPS) is 21.0. The Morgan fingerprint density at radius 3 is 3.00 bits per heavy atom. The molecular formula is C11H20N2O3. The van der Waals surface area contributed by atoms with Gasteiger partial charge in [-0.15, -0.1) is 0 Å². The van der Waals surface area contributed by atoms with Crippen LogP contribution in [-0.4, -0.2) is 36.9 Å². The van der Waals surface area contributed by atoms with Crippen molar-refractivity contribution in [1.82, 2.24) is 10.6 Å². The lowest BCUT2D eigenvalue weighted by molar-refractivity contribution is -0.139. The second kappa shape index (κ2) is 6.50. The molecule has 1 rings (SSSR count). The van der Waals surface area contributed by atoms with Crippen molar-refractivity contribution in [1.29, 1.82) is 0 Å². The molecule has 0 bridgehead atoms. The van der Waals surface area contributed by atoms with E-state index in [1.54, 1.807) is 6.92 Å². The fourth-order valence-corrected chi connectivity index (χ4v) is 1.62. The van der Waals surface area contributed by atoms with Gasteiger partial charge in [0.2, 0.25) is 0 Å². The Morgan fingerprint density at radius 2 is 2.38 bits per heavy atom. The van der Waals surface area contributed by atoms with Crippen LogP contribution in [0.4, 0.5) is 0 Å². The molecule has 3 N–H and O–H groups in total. The molecule has 1 aliphatic heterocycles. The van der Waals surface area contributed by atoms with Crippen molar-refractivity contribution in [2.24, 2.45) is 0 Å². The average Bonchev–Trinajstić information content (AvgIpc) is 2.28. The van der Waals surface area contributed by atoms with E-state index in [4.69, 9.17) is 4.74 Å². The van der Waals surface area contributed by atoms with Crippen LogP contribution in [0, 0.1) is 0 Å². The van der Waals surface area contributed by atoms with Gasteiger partial charge in [0.25, 0.3) is 0 Å². The topological polar surface area (TPSA) is 70.6 Å². The lowest BCUT2D eigenvalue weighted by Crippen LogP contribution is -2.48. The summed E-state index contributed by atoms with van der Waals surface area (Å²) in [7, 11) is 0. The van der Waals surface area contributed by atoms with Gasteiger partial charge in [-0.25, -0.2) is 4.79 Å². The largest absolute Gasteiger partial charge is 0.509 e. The molecular weight excluding hydrogens is 208 g/mol. The van der Waals surface area contributed by atoms with Crippen molar-refractivity contribution < 1.29 is 14.6 Å². The SMILES string of the molecule is CCCN[C@@H]1NCCC(C(=O)OCC)=C1O. The molecule has 16 heavy (non-hydrogen) atoms. The maximum atomic E-state index is 11.5. The number of hydrogen-bond donors (Lipinski definition) is 3. The highest BCUT2D eigenvalue weighted by Crippen LogP contribution is 2.15. The molecule has 0 amide bonds. The number of aliphatic hydroxyl groups excluding tert-OH is 1. The van der Waals surface area contributed by atoms with Crippen molar-refractivity contribution >= 4 is 5.97 Å². The molecule has 0 aliphatic carbocycles. The molecule has 0 aromatic carbocycles. The number of carbonyl (C=O) groups excluding carboxylic acids is 1. The fourth-order valence-electron chi connectivity index (χ4n) is 1.62. The van der Waals surface area contributed by atoms with E-state index in [9.17, 15) is 9.90 Å². The van der Waals surface area contributed by atoms with Crippen molar-refractivity contribution in [2.45, 2.75) is 32.9 Å². The van der Waals surface area contributed by atoms with Gasteiger partial charge in [-0.1, -0.05) is 6.92 Å². The molecule has 0 aromatic heterocycles. The predicted octanol–water partition coefficient (Wildman–Crippen LogP) is 0.681. The van der Waals surface area contributed by atoms with Crippen molar-refractivity contribution in [3.05, 3.63) is 11.3 Å². The van der Waals surface area contributed by atoms with E-state index < -0.39 is 5.97 Å². The molecule has 0 spiro atoms. The van der Waals surface area contributed by atoms with Crippen LogP contribution < -0.4 is 10.6 Å². The first kappa shape index (κ1) is 13.0. The summed E-state index contributed by atoms with van der Waals surface area (Å²) in [6.45, 7) is 5.58. The summed E-state index contributed by atoms with van der Waals surface area (Å²) < 4.78 is 4.89. The summed E-state index contributed by atoms with van der Waals surface area (Å²) in [5, 5.41) is 16.1. The van der Waals surface area contributed by atoms with Crippen LogP contribution in [0.5, 0.6) is 0 Å². The summed E-state index contributed by atoms with van der Waals surface area (Å²) >= 11 is 0. The summed E-state index contributed by atoms with van der Waals surface area (Å²) in [5.74, 6) is -0.344. The molecule has 0 unspecified atom stereocenters. The molecule has 0 saturated carbocycles. The van der Waals surface area contributed by atoms with E-state index in [1.807, 2.05) is 6.92 Å². The monoisotopic (exact) mass is 228 g/mol. The summed E-state index contributed by atoms with van der Waals surface area (Å²) in [5.41, 5.74) is 0.384. The first-order chi connectivity index (χ1) is 7.70. The Bertz CT molecular complexity index is 276. The standard InChI is InChI=1S/C11H20N2O3/c1-3-6-12-10-9(14)8(5-7-13-10)11(15)16-4-2/h10,12-14H,3-7H2,1-2H3/t10-/m1/s1. The van der Waals surface area contributed by atoms with E-state index >= 15 is 0 Å². The highest BCUT2D eigenvalue weighted by molar-refractivity contribution is 5.89. The van der Waals surface area contributed by atoms with Crippen molar-refractivity contribution in [3.63, 3.8) is 0 Å². The Hall–Kier alpha value is -1.07. The van der Waals surface area contributed by atoms with Crippen LogP contribution in [0.25, 0.3) is 0 Å². The van der Waals surface area contributed by atoms with Crippen LogP contribution in [-0.2, 0) is 9.53 Å². The zero-order valence-corrected chi connectivity index (χ0v) is 9.88. The Kier molecular flexibility index (Phi) is 5.28.